The zero-order chi connectivity index (χ0) is 20.8. The maximum atomic E-state index is 12.7. The van der Waals surface area contributed by atoms with Crippen molar-refractivity contribution in [2.24, 2.45) is 12.0 Å². The summed E-state index contributed by atoms with van der Waals surface area (Å²) in [5.41, 5.74) is 2.88. The zero-order valence-corrected chi connectivity index (χ0v) is 16.7. The minimum absolute atomic E-state index is 0.151. The van der Waals surface area contributed by atoms with Gasteiger partial charge in [-0.1, -0.05) is 13.2 Å². The van der Waals surface area contributed by atoms with E-state index in [1.54, 1.807) is 31.2 Å². The second-order valence-electron chi connectivity index (χ2n) is 6.49. The molecule has 1 aliphatic rings. The van der Waals surface area contributed by atoms with E-state index in [-0.39, 0.29) is 5.71 Å². The Morgan fingerprint density at radius 3 is 2.76 bits per heavy atom. The average Bonchev–Trinajstić information content (AvgIpc) is 3.19. The minimum Gasteiger partial charge on any atom is -0.494 e. The monoisotopic (exact) mass is 395 g/mol. The summed E-state index contributed by atoms with van der Waals surface area (Å²) >= 11 is 0. The van der Waals surface area contributed by atoms with E-state index in [1.807, 2.05) is 18.2 Å². The van der Waals surface area contributed by atoms with Crippen molar-refractivity contribution < 1.29 is 14.3 Å². The third-order valence-corrected chi connectivity index (χ3v) is 4.53. The van der Waals surface area contributed by atoms with Crippen LogP contribution < -0.4 is 15.0 Å². The molecule has 1 aromatic carbocycles. The number of ether oxygens (including phenoxy) is 2. The number of aliphatic imine (C=N–C) groups is 1. The number of carbonyl (C=O) groups is 1. The molecule has 152 valence electrons. The Morgan fingerprint density at radius 1 is 1.38 bits per heavy atom. The molecule has 1 amide bonds. The highest BCUT2D eigenvalue weighted by atomic mass is 16.5. The molecule has 0 spiro atoms. The molecule has 1 saturated heterocycles. The number of aryl methyl sites for hydroxylation is 1. The summed E-state index contributed by atoms with van der Waals surface area (Å²) in [5, 5.41) is 6.92. The number of benzene rings is 1. The molecule has 3 rings (SSSR count). The van der Waals surface area contributed by atoms with E-state index in [2.05, 4.69) is 33.5 Å². The van der Waals surface area contributed by atoms with Crippen molar-refractivity contribution in [3.05, 3.63) is 55.4 Å². The molecule has 1 aromatic heterocycles. The SMILES string of the molecule is C=CC(=NC(=C)c1cnn(C)c1)C(=O)Nc1ccc(N2CCOCC2)cc1OC. The summed E-state index contributed by atoms with van der Waals surface area (Å²) in [6.07, 6.45) is 4.81. The molecule has 8 nitrogen and oxygen atoms in total. The number of amides is 1. The van der Waals surface area contributed by atoms with Gasteiger partial charge in [0.15, 0.2) is 0 Å². The van der Waals surface area contributed by atoms with Gasteiger partial charge in [0.2, 0.25) is 0 Å². The van der Waals surface area contributed by atoms with E-state index in [4.69, 9.17) is 9.47 Å². The van der Waals surface area contributed by atoms with Gasteiger partial charge in [-0.3, -0.25) is 9.48 Å². The standard InChI is InChI=1S/C21H25N5O3/c1-5-18(23-15(2)16-13-22-25(3)14-16)21(27)24-19-7-6-17(12-20(19)28-4)26-8-10-29-11-9-26/h5-7,12-14H,1-2,8-11H2,3-4H3,(H,24,27). The second kappa shape index (κ2) is 9.20. The molecule has 1 fully saturated rings. The van der Waals surface area contributed by atoms with Gasteiger partial charge in [-0.2, -0.15) is 5.10 Å². The van der Waals surface area contributed by atoms with Gasteiger partial charge in [-0.15, -0.1) is 0 Å². The van der Waals surface area contributed by atoms with Gasteiger partial charge in [0.05, 0.1) is 37.9 Å². The number of aromatic nitrogens is 2. The fourth-order valence-electron chi connectivity index (χ4n) is 2.96. The predicted octanol–water partition coefficient (Wildman–Crippen LogP) is 2.50. The van der Waals surface area contributed by atoms with Crippen LogP contribution in [0.2, 0.25) is 0 Å². The molecule has 0 radical (unpaired) electrons. The predicted molar refractivity (Wildman–Crippen MR) is 115 cm³/mol. The molecule has 1 aliphatic heterocycles. The Kier molecular flexibility index (Phi) is 6.46. The Labute approximate surface area is 170 Å². The lowest BCUT2D eigenvalue weighted by molar-refractivity contribution is -0.110. The van der Waals surface area contributed by atoms with E-state index >= 15 is 0 Å². The van der Waals surface area contributed by atoms with E-state index < -0.39 is 5.91 Å². The van der Waals surface area contributed by atoms with Crippen LogP contribution >= 0.6 is 0 Å². The molecule has 8 heteroatoms. The number of hydrogen-bond donors (Lipinski definition) is 1. The van der Waals surface area contributed by atoms with Crippen LogP contribution in [0.15, 0.2) is 54.8 Å². The number of carbonyl (C=O) groups excluding carboxylic acids is 1. The van der Waals surface area contributed by atoms with Gasteiger partial charge in [0.25, 0.3) is 5.91 Å². The van der Waals surface area contributed by atoms with Crippen molar-refractivity contribution in [2.75, 3.05) is 43.6 Å². The summed E-state index contributed by atoms with van der Waals surface area (Å²) in [6, 6.07) is 5.67. The summed E-state index contributed by atoms with van der Waals surface area (Å²) in [7, 11) is 3.37. The van der Waals surface area contributed by atoms with Gasteiger partial charge < -0.3 is 19.7 Å². The highest BCUT2D eigenvalue weighted by Crippen LogP contribution is 2.30. The highest BCUT2D eigenvalue weighted by Gasteiger charge is 2.16. The smallest absolute Gasteiger partial charge is 0.274 e. The summed E-state index contributed by atoms with van der Waals surface area (Å²) in [5.74, 6) is 0.166. The molecule has 0 atom stereocenters. The number of rotatable bonds is 7. The highest BCUT2D eigenvalue weighted by molar-refractivity contribution is 6.47. The maximum absolute atomic E-state index is 12.7. The maximum Gasteiger partial charge on any atom is 0.274 e. The summed E-state index contributed by atoms with van der Waals surface area (Å²) in [4.78, 5) is 19.2. The third-order valence-electron chi connectivity index (χ3n) is 4.53. The Morgan fingerprint density at radius 2 is 2.14 bits per heavy atom. The van der Waals surface area contributed by atoms with Gasteiger partial charge in [-0.05, 0) is 18.2 Å². The molecule has 0 aliphatic carbocycles. The average molecular weight is 395 g/mol. The van der Waals surface area contributed by atoms with Crippen LogP contribution in [-0.4, -0.2) is 54.8 Å². The quantitative estimate of drug-likeness (QED) is 0.729. The molecular weight excluding hydrogens is 370 g/mol. The van der Waals surface area contributed by atoms with Crippen molar-refractivity contribution >= 4 is 28.7 Å². The lowest BCUT2D eigenvalue weighted by Gasteiger charge is -2.29. The number of anilines is 2. The first-order chi connectivity index (χ1) is 14.0. The number of methoxy groups -OCH3 is 1. The second-order valence-corrected chi connectivity index (χ2v) is 6.49. The third kappa shape index (κ3) is 4.91. The van der Waals surface area contributed by atoms with Gasteiger partial charge in [-0.25, -0.2) is 4.99 Å². The first kappa shape index (κ1) is 20.3. The lowest BCUT2D eigenvalue weighted by Crippen LogP contribution is -2.36. The molecule has 0 saturated carbocycles. The van der Waals surface area contributed by atoms with Crippen LogP contribution in [0.1, 0.15) is 5.56 Å². The van der Waals surface area contributed by atoms with E-state index in [0.29, 0.717) is 30.3 Å². The Bertz CT molecular complexity index is 942. The summed E-state index contributed by atoms with van der Waals surface area (Å²) < 4.78 is 12.5. The van der Waals surface area contributed by atoms with Crippen molar-refractivity contribution in [3.63, 3.8) is 0 Å². The molecule has 29 heavy (non-hydrogen) atoms. The van der Waals surface area contributed by atoms with Gasteiger partial charge in [0.1, 0.15) is 11.5 Å². The first-order valence-electron chi connectivity index (χ1n) is 9.23. The minimum atomic E-state index is -0.400. The molecule has 1 N–H and O–H groups in total. The van der Waals surface area contributed by atoms with Crippen LogP contribution in [0.5, 0.6) is 5.75 Å². The van der Waals surface area contributed by atoms with Crippen LogP contribution in [-0.2, 0) is 16.6 Å². The fourth-order valence-corrected chi connectivity index (χ4v) is 2.96. The number of nitrogens with zero attached hydrogens (tertiary/aromatic N) is 4. The van der Waals surface area contributed by atoms with E-state index in [9.17, 15) is 4.79 Å². The van der Waals surface area contributed by atoms with Crippen LogP contribution in [0, 0.1) is 0 Å². The van der Waals surface area contributed by atoms with Crippen molar-refractivity contribution in [2.45, 2.75) is 0 Å². The van der Waals surface area contributed by atoms with E-state index in [1.165, 1.54) is 6.08 Å². The number of hydrogen-bond acceptors (Lipinski definition) is 6. The molecule has 2 aromatic rings. The Hall–Kier alpha value is -3.39. The van der Waals surface area contributed by atoms with Crippen LogP contribution in [0.3, 0.4) is 0 Å². The topological polar surface area (TPSA) is 81.0 Å². The van der Waals surface area contributed by atoms with Crippen molar-refractivity contribution in [3.8, 4) is 5.75 Å². The molecular formula is C21H25N5O3. The van der Waals surface area contributed by atoms with Crippen molar-refractivity contribution in [1.29, 1.82) is 0 Å². The number of nitrogens with one attached hydrogen (secondary N) is 1. The summed E-state index contributed by atoms with van der Waals surface area (Å²) in [6.45, 7) is 10.6. The molecule has 0 unspecified atom stereocenters. The van der Waals surface area contributed by atoms with Crippen LogP contribution in [0.25, 0.3) is 5.70 Å². The largest absolute Gasteiger partial charge is 0.494 e. The van der Waals surface area contributed by atoms with Crippen molar-refractivity contribution in [1.82, 2.24) is 9.78 Å². The first-order valence-corrected chi connectivity index (χ1v) is 9.23. The van der Waals surface area contributed by atoms with E-state index in [0.717, 1.165) is 24.3 Å². The number of morpholine rings is 1. The molecule has 2 heterocycles. The van der Waals surface area contributed by atoms with Gasteiger partial charge >= 0.3 is 0 Å². The van der Waals surface area contributed by atoms with Gasteiger partial charge in [0, 0.05) is 43.7 Å². The van der Waals surface area contributed by atoms with Crippen LogP contribution in [0.4, 0.5) is 11.4 Å². The normalized spacial score (nSPS) is 14.4. The Balaban J connectivity index is 1.76. The fraction of sp³-hybridized carbons (Fsp3) is 0.286. The molecule has 0 bridgehead atoms. The lowest BCUT2D eigenvalue weighted by atomic mass is 10.2. The zero-order valence-electron chi connectivity index (χ0n) is 16.7.